The van der Waals surface area contributed by atoms with E-state index in [1.165, 1.54) is 0 Å². The van der Waals surface area contributed by atoms with Gasteiger partial charge in [-0.15, -0.1) is 0 Å². The van der Waals surface area contributed by atoms with Gasteiger partial charge in [-0.05, 0) is 18.6 Å². The van der Waals surface area contributed by atoms with E-state index in [0.717, 1.165) is 35.0 Å². The highest BCUT2D eigenvalue weighted by atomic mass is 16.3. The summed E-state index contributed by atoms with van der Waals surface area (Å²) < 4.78 is 0. The molecule has 2 aromatic carbocycles. The van der Waals surface area contributed by atoms with E-state index < -0.39 is 0 Å². The predicted molar refractivity (Wildman–Crippen MR) is 105 cm³/mol. The summed E-state index contributed by atoms with van der Waals surface area (Å²) in [7, 11) is 0. The molecule has 3 rings (SSSR count). The quantitative estimate of drug-likeness (QED) is 0.698. The Kier molecular flexibility index (Phi) is 5.97. The highest BCUT2D eigenvalue weighted by Crippen LogP contribution is 2.25. The standard InChI is InChI=1S/C22H24N2O2/c1-2-3-13-24(14-15-25)22(26)19-16-21(17-9-5-4-6-10-17)23-20-12-8-7-11-18(19)20/h4-12,16,25H,2-3,13-15H2,1H3. The van der Waals surface area contributed by atoms with Crippen LogP contribution in [0, 0.1) is 0 Å². The molecule has 1 N–H and O–H groups in total. The van der Waals surface area contributed by atoms with Gasteiger partial charge in [0, 0.05) is 24.0 Å². The minimum Gasteiger partial charge on any atom is -0.395 e. The highest BCUT2D eigenvalue weighted by Gasteiger charge is 2.19. The van der Waals surface area contributed by atoms with E-state index in [4.69, 9.17) is 4.98 Å². The van der Waals surface area contributed by atoms with Crippen LogP contribution < -0.4 is 0 Å². The van der Waals surface area contributed by atoms with Gasteiger partial charge in [0.05, 0.1) is 23.4 Å². The number of aliphatic hydroxyl groups excluding tert-OH is 1. The molecular formula is C22H24N2O2. The maximum Gasteiger partial charge on any atom is 0.254 e. The average Bonchev–Trinajstić information content (AvgIpc) is 2.70. The number of hydrogen-bond acceptors (Lipinski definition) is 3. The van der Waals surface area contributed by atoms with Gasteiger partial charge in [0.25, 0.3) is 5.91 Å². The van der Waals surface area contributed by atoms with Crippen LogP contribution in [-0.2, 0) is 0 Å². The number of pyridine rings is 1. The Morgan fingerprint density at radius 2 is 1.77 bits per heavy atom. The number of aromatic nitrogens is 1. The van der Waals surface area contributed by atoms with Gasteiger partial charge in [-0.1, -0.05) is 61.9 Å². The molecule has 1 amide bonds. The fraction of sp³-hybridized carbons (Fsp3) is 0.273. The van der Waals surface area contributed by atoms with E-state index in [1.807, 2.05) is 60.7 Å². The molecule has 0 saturated heterocycles. The maximum absolute atomic E-state index is 13.2. The molecule has 0 aliphatic heterocycles. The Labute approximate surface area is 154 Å². The van der Waals surface area contributed by atoms with Crippen molar-refractivity contribution >= 4 is 16.8 Å². The van der Waals surface area contributed by atoms with E-state index in [2.05, 4.69) is 6.92 Å². The number of nitrogens with zero attached hydrogens (tertiary/aromatic N) is 2. The van der Waals surface area contributed by atoms with Gasteiger partial charge in [0.2, 0.25) is 0 Å². The summed E-state index contributed by atoms with van der Waals surface area (Å²) in [4.78, 5) is 19.7. The van der Waals surface area contributed by atoms with Crippen LogP contribution in [0.1, 0.15) is 30.1 Å². The van der Waals surface area contributed by atoms with Crippen molar-refractivity contribution in [1.29, 1.82) is 0 Å². The van der Waals surface area contributed by atoms with Gasteiger partial charge in [-0.25, -0.2) is 4.98 Å². The van der Waals surface area contributed by atoms with E-state index >= 15 is 0 Å². The van der Waals surface area contributed by atoms with Crippen LogP contribution in [0.4, 0.5) is 0 Å². The lowest BCUT2D eigenvalue weighted by atomic mass is 10.0. The summed E-state index contributed by atoms with van der Waals surface area (Å²) in [5.41, 5.74) is 3.21. The number of para-hydroxylation sites is 1. The number of benzene rings is 2. The summed E-state index contributed by atoms with van der Waals surface area (Å²) in [5, 5.41) is 10.2. The van der Waals surface area contributed by atoms with Crippen LogP contribution in [0.3, 0.4) is 0 Å². The Bertz CT molecular complexity index is 878. The van der Waals surface area contributed by atoms with Gasteiger partial charge < -0.3 is 10.0 Å². The second kappa shape index (κ2) is 8.59. The SMILES string of the molecule is CCCCN(CCO)C(=O)c1cc(-c2ccccc2)nc2ccccc12. The predicted octanol–water partition coefficient (Wildman–Crippen LogP) is 4.14. The normalized spacial score (nSPS) is 10.8. The Morgan fingerprint density at radius 3 is 2.50 bits per heavy atom. The van der Waals surface area contributed by atoms with Crippen LogP contribution in [0.15, 0.2) is 60.7 Å². The molecule has 0 saturated carbocycles. The summed E-state index contributed by atoms with van der Waals surface area (Å²) in [6.07, 6.45) is 1.92. The third kappa shape index (κ3) is 3.92. The first-order valence-electron chi connectivity index (χ1n) is 9.10. The molecule has 4 heteroatoms. The molecule has 0 fully saturated rings. The molecule has 0 atom stereocenters. The first-order valence-corrected chi connectivity index (χ1v) is 9.10. The van der Waals surface area contributed by atoms with Gasteiger partial charge in [-0.3, -0.25) is 4.79 Å². The second-order valence-electron chi connectivity index (χ2n) is 6.31. The molecule has 0 unspecified atom stereocenters. The number of hydrogen-bond donors (Lipinski definition) is 1. The summed E-state index contributed by atoms with van der Waals surface area (Å²) in [6.45, 7) is 3.05. The highest BCUT2D eigenvalue weighted by molar-refractivity contribution is 6.07. The van der Waals surface area contributed by atoms with E-state index in [1.54, 1.807) is 4.90 Å². The molecule has 0 aliphatic rings. The molecule has 0 spiro atoms. The molecule has 4 nitrogen and oxygen atoms in total. The lowest BCUT2D eigenvalue weighted by Gasteiger charge is -2.22. The lowest BCUT2D eigenvalue weighted by molar-refractivity contribution is 0.0721. The molecule has 0 radical (unpaired) electrons. The molecular weight excluding hydrogens is 324 g/mol. The van der Waals surface area contributed by atoms with Crippen LogP contribution >= 0.6 is 0 Å². The second-order valence-corrected chi connectivity index (χ2v) is 6.31. The molecule has 3 aromatic rings. The van der Waals surface area contributed by atoms with Crippen molar-refractivity contribution in [2.75, 3.05) is 19.7 Å². The number of carbonyl (C=O) groups is 1. The number of carbonyl (C=O) groups excluding carboxylic acids is 1. The maximum atomic E-state index is 13.2. The van der Waals surface area contributed by atoms with Gasteiger partial charge in [-0.2, -0.15) is 0 Å². The van der Waals surface area contributed by atoms with Crippen molar-refractivity contribution in [3.63, 3.8) is 0 Å². The average molecular weight is 348 g/mol. The lowest BCUT2D eigenvalue weighted by Crippen LogP contribution is -2.34. The van der Waals surface area contributed by atoms with Crippen molar-refractivity contribution in [1.82, 2.24) is 9.88 Å². The van der Waals surface area contributed by atoms with Crippen LogP contribution in [0.5, 0.6) is 0 Å². The Morgan fingerprint density at radius 1 is 1.04 bits per heavy atom. The van der Waals surface area contributed by atoms with Crippen molar-refractivity contribution in [3.05, 3.63) is 66.2 Å². The molecule has 1 aromatic heterocycles. The summed E-state index contributed by atoms with van der Waals surface area (Å²) >= 11 is 0. The monoisotopic (exact) mass is 348 g/mol. The Hall–Kier alpha value is -2.72. The third-order valence-electron chi connectivity index (χ3n) is 4.45. The number of amides is 1. The van der Waals surface area contributed by atoms with Crippen molar-refractivity contribution < 1.29 is 9.90 Å². The fourth-order valence-electron chi connectivity index (χ4n) is 3.06. The minimum atomic E-state index is -0.0525. The van der Waals surface area contributed by atoms with Crippen LogP contribution in [0.2, 0.25) is 0 Å². The Balaban J connectivity index is 2.09. The van der Waals surface area contributed by atoms with E-state index in [0.29, 0.717) is 18.7 Å². The van der Waals surface area contributed by atoms with Crippen molar-refractivity contribution in [2.45, 2.75) is 19.8 Å². The van der Waals surface area contributed by atoms with E-state index in [-0.39, 0.29) is 12.5 Å². The smallest absolute Gasteiger partial charge is 0.254 e. The first-order chi connectivity index (χ1) is 12.7. The topological polar surface area (TPSA) is 53.4 Å². The summed E-state index contributed by atoms with van der Waals surface area (Å²) in [6, 6.07) is 19.5. The number of unbranched alkanes of at least 4 members (excludes halogenated alkanes) is 1. The first kappa shape index (κ1) is 18.1. The number of aliphatic hydroxyl groups is 1. The van der Waals surface area contributed by atoms with Gasteiger partial charge in [0.1, 0.15) is 0 Å². The van der Waals surface area contributed by atoms with Crippen LogP contribution in [-0.4, -0.2) is 40.6 Å². The van der Waals surface area contributed by atoms with Gasteiger partial charge in [0.15, 0.2) is 0 Å². The molecule has 26 heavy (non-hydrogen) atoms. The number of rotatable bonds is 7. The molecule has 0 aliphatic carbocycles. The number of fused-ring (bicyclic) bond motifs is 1. The van der Waals surface area contributed by atoms with Crippen molar-refractivity contribution in [2.24, 2.45) is 0 Å². The zero-order valence-electron chi connectivity index (χ0n) is 15.1. The zero-order valence-corrected chi connectivity index (χ0v) is 15.1. The molecule has 1 heterocycles. The van der Waals surface area contributed by atoms with Crippen LogP contribution in [0.25, 0.3) is 22.2 Å². The van der Waals surface area contributed by atoms with Gasteiger partial charge >= 0.3 is 0 Å². The largest absolute Gasteiger partial charge is 0.395 e. The third-order valence-corrected chi connectivity index (χ3v) is 4.45. The zero-order chi connectivity index (χ0) is 18.4. The minimum absolute atomic E-state index is 0.0377. The molecule has 0 bridgehead atoms. The fourth-order valence-corrected chi connectivity index (χ4v) is 3.06. The molecule has 134 valence electrons. The summed E-state index contributed by atoms with van der Waals surface area (Å²) in [5.74, 6) is -0.0525. The van der Waals surface area contributed by atoms with Crippen molar-refractivity contribution in [3.8, 4) is 11.3 Å². The van der Waals surface area contributed by atoms with E-state index in [9.17, 15) is 9.90 Å².